The summed E-state index contributed by atoms with van der Waals surface area (Å²) in [6.07, 6.45) is 7.81. The van der Waals surface area contributed by atoms with E-state index in [-0.39, 0.29) is 18.1 Å². The number of aromatic carboxylic acids is 1. The molecule has 2 aromatic heterocycles. The van der Waals surface area contributed by atoms with Crippen LogP contribution in [0.25, 0.3) is 6.08 Å². The fourth-order valence-electron chi connectivity index (χ4n) is 1.55. The van der Waals surface area contributed by atoms with Crippen molar-refractivity contribution in [3.05, 3.63) is 65.8 Å². The van der Waals surface area contributed by atoms with Crippen LogP contribution < -0.4 is 5.32 Å². The number of nitrogens with zero attached hydrogens (tertiary/aromatic N) is 2. The van der Waals surface area contributed by atoms with Crippen molar-refractivity contribution < 1.29 is 14.7 Å². The maximum absolute atomic E-state index is 11.6. The summed E-state index contributed by atoms with van der Waals surface area (Å²) in [6, 6.07) is 6.63. The smallest absolute Gasteiger partial charge is 0.354 e. The molecule has 2 heterocycles. The van der Waals surface area contributed by atoms with Crippen molar-refractivity contribution in [1.29, 1.82) is 0 Å². The first kappa shape index (κ1) is 14.4. The van der Waals surface area contributed by atoms with Gasteiger partial charge in [-0.3, -0.25) is 9.78 Å². The van der Waals surface area contributed by atoms with Gasteiger partial charge in [-0.15, -0.1) is 0 Å². The van der Waals surface area contributed by atoms with Gasteiger partial charge >= 0.3 is 5.97 Å². The molecule has 0 saturated heterocycles. The molecule has 1 amide bonds. The van der Waals surface area contributed by atoms with Crippen molar-refractivity contribution in [2.75, 3.05) is 0 Å². The number of aromatic nitrogens is 2. The van der Waals surface area contributed by atoms with Crippen LogP contribution in [0.15, 0.2) is 48.9 Å². The molecular formula is C15H13N3O3. The summed E-state index contributed by atoms with van der Waals surface area (Å²) in [4.78, 5) is 30.0. The molecule has 0 unspecified atom stereocenters. The molecule has 0 aliphatic heterocycles. The summed E-state index contributed by atoms with van der Waals surface area (Å²) >= 11 is 0. The lowest BCUT2D eigenvalue weighted by molar-refractivity contribution is -0.116. The average molecular weight is 283 g/mol. The molecule has 0 aliphatic carbocycles. The van der Waals surface area contributed by atoms with Crippen LogP contribution in [-0.4, -0.2) is 27.0 Å². The zero-order valence-electron chi connectivity index (χ0n) is 11.1. The largest absolute Gasteiger partial charge is 0.477 e. The molecule has 2 N–H and O–H groups in total. The molecule has 0 radical (unpaired) electrons. The Hall–Kier alpha value is -3.02. The number of pyridine rings is 2. The average Bonchev–Trinajstić information content (AvgIpc) is 2.52. The van der Waals surface area contributed by atoms with Crippen molar-refractivity contribution in [1.82, 2.24) is 15.3 Å². The molecule has 6 nitrogen and oxygen atoms in total. The number of nitrogens with one attached hydrogen (secondary N) is 1. The first-order valence-electron chi connectivity index (χ1n) is 6.19. The number of rotatable bonds is 5. The zero-order chi connectivity index (χ0) is 15.1. The third kappa shape index (κ3) is 4.54. The van der Waals surface area contributed by atoms with Crippen LogP contribution in [0.4, 0.5) is 0 Å². The van der Waals surface area contributed by atoms with Crippen LogP contribution in [0.1, 0.15) is 21.6 Å². The van der Waals surface area contributed by atoms with Gasteiger partial charge in [0, 0.05) is 31.2 Å². The lowest BCUT2D eigenvalue weighted by atomic mass is 10.2. The molecule has 6 heteroatoms. The Labute approximate surface area is 121 Å². The first-order valence-corrected chi connectivity index (χ1v) is 6.19. The highest BCUT2D eigenvalue weighted by molar-refractivity contribution is 5.91. The topological polar surface area (TPSA) is 92.2 Å². The standard InChI is InChI=1S/C15H13N3O3/c19-14(6-4-11-2-1-7-16-8-11)18-10-12-3-5-13(15(20)21)17-9-12/h1-9H,10H2,(H,18,19)(H,20,21)/b6-4+. The second-order valence-corrected chi connectivity index (χ2v) is 4.19. The molecule has 21 heavy (non-hydrogen) atoms. The molecule has 0 aliphatic rings. The number of carboxylic acid groups (broad SMARTS) is 1. The minimum atomic E-state index is -1.08. The van der Waals surface area contributed by atoms with E-state index in [4.69, 9.17) is 5.11 Å². The zero-order valence-corrected chi connectivity index (χ0v) is 11.1. The van der Waals surface area contributed by atoms with Gasteiger partial charge in [0.25, 0.3) is 0 Å². The fraction of sp³-hybridized carbons (Fsp3) is 0.0667. The third-order valence-electron chi connectivity index (χ3n) is 2.62. The maximum atomic E-state index is 11.6. The lowest BCUT2D eigenvalue weighted by Gasteiger charge is -2.02. The van der Waals surface area contributed by atoms with Crippen LogP contribution in [0.5, 0.6) is 0 Å². The minimum Gasteiger partial charge on any atom is -0.477 e. The Balaban J connectivity index is 1.86. The van der Waals surface area contributed by atoms with E-state index in [0.717, 1.165) is 11.1 Å². The molecule has 2 aromatic rings. The highest BCUT2D eigenvalue weighted by atomic mass is 16.4. The van der Waals surface area contributed by atoms with Crippen LogP contribution in [-0.2, 0) is 11.3 Å². The minimum absolute atomic E-state index is 0.0263. The second kappa shape index (κ2) is 6.95. The van der Waals surface area contributed by atoms with E-state index in [1.165, 1.54) is 18.3 Å². The van der Waals surface area contributed by atoms with Gasteiger partial charge in [0.15, 0.2) is 0 Å². The van der Waals surface area contributed by atoms with E-state index in [0.29, 0.717) is 0 Å². The van der Waals surface area contributed by atoms with Crippen LogP contribution in [0, 0.1) is 0 Å². The molecule has 2 rings (SSSR count). The summed E-state index contributed by atoms with van der Waals surface area (Å²) in [5.74, 6) is -1.33. The molecule has 0 bridgehead atoms. The van der Waals surface area contributed by atoms with Crippen LogP contribution in [0.3, 0.4) is 0 Å². The van der Waals surface area contributed by atoms with E-state index in [2.05, 4.69) is 15.3 Å². The van der Waals surface area contributed by atoms with Crippen LogP contribution >= 0.6 is 0 Å². The molecule has 106 valence electrons. The summed E-state index contributed by atoms with van der Waals surface area (Å²) in [7, 11) is 0. The van der Waals surface area contributed by atoms with Gasteiger partial charge in [0.2, 0.25) is 5.91 Å². The van der Waals surface area contributed by atoms with Gasteiger partial charge in [-0.25, -0.2) is 9.78 Å². The lowest BCUT2D eigenvalue weighted by Crippen LogP contribution is -2.20. The fourth-order valence-corrected chi connectivity index (χ4v) is 1.55. The summed E-state index contributed by atoms with van der Waals surface area (Å²) in [5, 5.41) is 11.4. The number of hydrogen-bond donors (Lipinski definition) is 2. The van der Waals surface area contributed by atoms with E-state index in [9.17, 15) is 9.59 Å². The quantitative estimate of drug-likeness (QED) is 0.811. The summed E-state index contributed by atoms with van der Waals surface area (Å²) < 4.78 is 0. The van der Waals surface area contributed by atoms with Gasteiger partial charge in [-0.05, 0) is 29.3 Å². The Morgan fingerprint density at radius 1 is 1.24 bits per heavy atom. The Morgan fingerprint density at radius 2 is 2.10 bits per heavy atom. The van der Waals surface area contributed by atoms with E-state index in [1.807, 2.05) is 6.07 Å². The summed E-state index contributed by atoms with van der Waals surface area (Å²) in [6.45, 7) is 0.281. The van der Waals surface area contributed by atoms with Gasteiger partial charge in [-0.1, -0.05) is 12.1 Å². The number of carbonyl (C=O) groups excluding carboxylic acids is 1. The third-order valence-corrected chi connectivity index (χ3v) is 2.62. The van der Waals surface area contributed by atoms with Gasteiger partial charge in [0.1, 0.15) is 5.69 Å². The number of carboxylic acids is 1. The van der Waals surface area contributed by atoms with E-state index in [1.54, 1.807) is 30.6 Å². The molecule has 0 spiro atoms. The van der Waals surface area contributed by atoms with Gasteiger partial charge in [-0.2, -0.15) is 0 Å². The van der Waals surface area contributed by atoms with Crippen molar-refractivity contribution >= 4 is 18.0 Å². The Morgan fingerprint density at radius 3 is 2.71 bits per heavy atom. The Bertz CT molecular complexity index is 652. The van der Waals surface area contributed by atoms with Crippen molar-refractivity contribution in [3.63, 3.8) is 0 Å². The predicted molar refractivity (Wildman–Crippen MR) is 76.3 cm³/mol. The molecule has 0 saturated carbocycles. The Kier molecular flexibility index (Phi) is 4.76. The maximum Gasteiger partial charge on any atom is 0.354 e. The molecule has 0 atom stereocenters. The number of amides is 1. The van der Waals surface area contributed by atoms with Gasteiger partial charge in [0.05, 0.1) is 0 Å². The molecular weight excluding hydrogens is 270 g/mol. The van der Waals surface area contributed by atoms with Crippen LogP contribution in [0.2, 0.25) is 0 Å². The normalized spacial score (nSPS) is 10.5. The summed E-state index contributed by atoms with van der Waals surface area (Å²) in [5.41, 5.74) is 1.53. The second-order valence-electron chi connectivity index (χ2n) is 4.19. The van der Waals surface area contributed by atoms with E-state index >= 15 is 0 Å². The van der Waals surface area contributed by atoms with Gasteiger partial charge < -0.3 is 10.4 Å². The van der Waals surface area contributed by atoms with Crippen molar-refractivity contribution in [2.24, 2.45) is 0 Å². The monoisotopic (exact) mass is 283 g/mol. The predicted octanol–water partition coefficient (Wildman–Crippen LogP) is 1.50. The highest BCUT2D eigenvalue weighted by Crippen LogP contribution is 2.01. The van der Waals surface area contributed by atoms with Crippen molar-refractivity contribution in [3.8, 4) is 0 Å². The highest BCUT2D eigenvalue weighted by Gasteiger charge is 2.03. The molecule has 0 fully saturated rings. The number of hydrogen-bond acceptors (Lipinski definition) is 4. The van der Waals surface area contributed by atoms with E-state index < -0.39 is 5.97 Å². The SMILES string of the molecule is O=C(/C=C/c1cccnc1)NCc1ccc(C(=O)O)nc1. The first-order chi connectivity index (χ1) is 10.1. The van der Waals surface area contributed by atoms with Crippen molar-refractivity contribution in [2.45, 2.75) is 6.54 Å². The molecule has 0 aromatic carbocycles. The number of carbonyl (C=O) groups is 2.